The van der Waals surface area contributed by atoms with Crippen molar-refractivity contribution in [1.82, 2.24) is 10.6 Å². The van der Waals surface area contributed by atoms with E-state index in [2.05, 4.69) is 38.7 Å². The zero-order valence-corrected chi connectivity index (χ0v) is 18.6. The van der Waals surface area contributed by atoms with E-state index in [1.807, 2.05) is 18.2 Å². The molecule has 0 heterocycles. The molecule has 2 aromatic carbocycles. The van der Waals surface area contributed by atoms with Crippen LogP contribution in [0.3, 0.4) is 0 Å². The predicted molar refractivity (Wildman–Crippen MR) is 116 cm³/mol. The van der Waals surface area contributed by atoms with E-state index < -0.39 is 0 Å². The minimum Gasteiger partial charge on any atom is -0.496 e. The lowest BCUT2D eigenvalue weighted by Crippen LogP contribution is -2.51. The fourth-order valence-electron chi connectivity index (χ4n) is 3.60. The van der Waals surface area contributed by atoms with Gasteiger partial charge in [0.15, 0.2) is 11.5 Å². The Morgan fingerprint density at radius 3 is 2.17 bits per heavy atom. The molecule has 0 bridgehead atoms. The van der Waals surface area contributed by atoms with Crippen molar-refractivity contribution in [2.45, 2.75) is 31.3 Å². The number of benzene rings is 2. The van der Waals surface area contributed by atoms with Gasteiger partial charge >= 0.3 is 0 Å². The van der Waals surface area contributed by atoms with Gasteiger partial charge in [0.25, 0.3) is 0 Å². The van der Waals surface area contributed by atoms with Crippen molar-refractivity contribution in [3.63, 3.8) is 0 Å². The molecule has 0 saturated heterocycles. The molecule has 0 unspecified atom stereocenters. The number of hydrogen-bond acceptors (Lipinski definition) is 5. The largest absolute Gasteiger partial charge is 0.496 e. The van der Waals surface area contributed by atoms with Crippen molar-refractivity contribution in [3.8, 4) is 17.2 Å². The molecule has 1 aliphatic rings. The highest BCUT2D eigenvalue weighted by molar-refractivity contribution is 9.10. The van der Waals surface area contributed by atoms with Gasteiger partial charge < -0.3 is 19.5 Å². The number of halogens is 1. The molecule has 156 valence electrons. The number of rotatable bonds is 9. The molecule has 0 atom stereocenters. The third-order valence-corrected chi connectivity index (χ3v) is 5.98. The number of hydrogen-bond donors (Lipinski definition) is 2. The van der Waals surface area contributed by atoms with E-state index in [1.54, 1.807) is 27.4 Å². The standard InChI is InChI=1S/C22H27BrN2O4/c1-27-18-12-20(29-3)19(28-2)11-15(18)13-24-21(26)14-25-22(9-4-10-22)16-5-7-17(23)8-6-16/h5-8,11-12,25H,4,9-10,13-14H2,1-3H3,(H,24,26). The molecule has 1 saturated carbocycles. The molecule has 1 amide bonds. The van der Waals surface area contributed by atoms with Crippen LogP contribution in [0.1, 0.15) is 30.4 Å². The monoisotopic (exact) mass is 462 g/mol. The number of amides is 1. The number of carbonyl (C=O) groups excluding carboxylic acids is 1. The smallest absolute Gasteiger partial charge is 0.234 e. The summed E-state index contributed by atoms with van der Waals surface area (Å²) >= 11 is 3.48. The number of methoxy groups -OCH3 is 3. The van der Waals surface area contributed by atoms with Gasteiger partial charge in [-0.15, -0.1) is 0 Å². The summed E-state index contributed by atoms with van der Waals surface area (Å²) in [6.45, 7) is 0.598. The molecule has 2 N–H and O–H groups in total. The Kier molecular flexibility index (Phi) is 7.03. The van der Waals surface area contributed by atoms with Crippen LogP contribution in [0.5, 0.6) is 17.2 Å². The van der Waals surface area contributed by atoms with E-state index in [9.17, 15) is 4.79 Å². The van der Waals surface area contributed by atoms with E-state index in [-0.39, 0.29) is 18.0 Å². The van der Waals surface area contributed by atoms with Crippen LogP contribution < -0.4 is 24.8 Å². The summed E-state index contributed by atoms with van der Waals surface area (Å²) in [6.07, 6.45) is 3.23. The molecule has 3 rings (SSSR count). The molecule has 0 aromatic heterocycles. The van der Waals surface area contributed by atoms with E-state index in [0.717, 1.165) is 29.3 Å². The van der Waals surface area contributed by atoms with Gasteiger partial charge in [-0.1, -0.05) is 28.1 Å². The first-order valence-electron chi connectivity index (χ1n) is 9.58. The normalized spacial score (nSPS) is 14.6. The van der Waals surface area contributed by atoms with Gasteiger partial charge in [0.05, 0.1) is 27.9 Å². The first-order valence-corrected chi connectivity index (χ1v) is 10.4. The fourth-order valence-corrected chi connectivity index (χ4v) is 3.87. The predicted octanol–water partition coefficient (Wildman–Crippen LogP) is 3.76. The summed E-state index contributed by atoms with van der Waals surface area (Å²) in [6, 6.07) is 11.9. The topological polar surface area (TPSA) is 68.8 Å². The van der Waals surface area contributed by atoms with Crippen molar-refractivity contribution < 1.29 is 19.0 Å². The number of carbonyl (C=O) groups is 1. The van der Waals surface area contributed by atoms with Gasteiger partial charge in [-0.25, -0.2) is 0 Å². The SMILES string of the molecule is COc1cc(OC)c(OC)cc1CNC(=O)CNC1(c2ccc(Br)cc2)CCC1. The van der Waals surface area contributed by atoms with Gasteiger partial charge in [0.2, 0.25) is 5.91 Å². The van der Waals surface area contributed by atoms with E-state index in [0.29, 0.717) is 23.8 Å². The third-order valence-electron chi connectivity index (χ3n) is 5.45. The molecular weight excluding hydrogens is 436 g/mol. The number of ether oxygens (including phenoxy) is 3. The van der Waals surface area contributed by atoms with Crippen molar-refractivity contribution in [1.29, 1.82) is 0 Å². The highest BCUT2D eigenvalue weighted by Gasteiger charge is 2.38. The van der Waals surface area contributed by atoms with E-state index in [4.69, 9.17) is 14.2 Å². The summed E-state index contributed by atoms with van der Waals surface area (Å²) in [5.41, 5.74) is 1.94. The minimum atomic E-state index is -0.112. The van der Waals surface area contributed by atoms with Gasteiger partial charge in [-0.2, -0.15) is 0 Å². The van der Waals surface area contributed by atoms with Crippen LogP contribution in [-0.2, 0) is 16.9 Å². The molecular formula is C22H27BrN2O4. The van der Waals surface area contributed by atoms with Crippen molar-refractivity contribution in [3.05, 3.63) is 52.0 Å². The number of nitrogens with one attached hydrogen (secondary N) is 2. The lowest BCUT2D eigenvalue weighted by Gasteiger charge is -2.43. The maximum atomic E-state index is 12.5. The van der Waals surface area contributed by atoms with Crippen LogP contribution in [0, 0.1) is 0 Å². The van der Waals surface area contributed by atoms with Crippen LogP contribution in [0.15, 0.2) is 40.9 Å². The Bertz CT molecular complexity index is 851. The molecule has 0 radical (unpaired) electrons. The van der Waals surface area contributed by atoms with E-state index >= 15 is 0 Å². The summed E-state index contributed by atoms with van der Waals surface area (Å²) in [4.78, 5) is 12.5. The van der Waals surface area contributed by atoms with Crippen LogP contribution in [0.2, 0.25) is 0 Å². The molecule has 29 heavy (non-hydrogen) atoms. The van der Waals surface area contributed by atoms with Crippen LogP contribution >= 0.6 is 15.9 Å². The molecule has 0 spiro atoms. The maximum absolute atomic E-state index is 12.5. The average molecular weight is 463 g/mol. The second-order valence-electron chi connectivity index (χ2n) is 7.09. The highest BCUT2D eigenvalue weighted by Crippen LogP contribution is 2.41. The van der Waals surface area contributed by atoms with Gasteiger partial charge in [-0.05, 0) is 43.0 Å². The molecule has 1 aliphatic carbocycles. The Morgan fingerprint density at radius 2 is 1.62 bits per heavy atom. The summed E-state index contributed by atoms with van der Waals surface area (Å²) in [5, 5.41) is 6.43. The van der Waals surface area contributed by atoms with Gasteiger partial charge in [-0.3, -0.25) is 10.1 Å². The quantitative estimate of drug-likeness (QED) is 0.593. The second kappa shape index (κ2) is 9.50. The zero-order valence-electron chi connectivity index (χ0n) is 17.0. The third kappa shape index (κ3) is 4.85. The molecule has 2 aromatic rings. The first kappa shape index (κ1) is 21.5. The minimum absolute atomic E-state index is 0.0646. The summed E-state index contributed by atoms with van der Waals surface area (Å²) in [5.74, 6) is 1.76. The Morgan fingerprint density at radius 1 is 1.00 bits per heavy atom. The lowest BCUT2D eigenvalue weighted by molar-refractivity contribution is -0.121. The van der Waals surface area contributed by atoms with Crippen molar-refractivity contribution in [2.24, 2.45) is 0 Å². The van der Waals surface area contributed by atoms with Crippen molar-refractivity contribution >= 4 is 21.8 Å². The Balaban J connectivity index is 1.61. The molecule has 7 heteroatoms. The van der Waals surface area contributed by atoms with Crippen LogP contribution in [0.4, 0.5) is 0 Å². The lowest BCUT2D eigenvalue weighted by atomic mass is 9.72. The molecule has 1 fully saturated rings. The summed E-state index contributed by atoms with van der Waals surface area (Å²) < 4.78 is 17.1. The van der Waals surface area contributed by atoms with Gasteiger partial charge in [0, 0.05) is 28.2 Å². The molecule has 0 aliphatic heterocycles. The highest BCUT2D eigenvalue weighted by atomic mass is 79.9. The van der Waals surface area contributed by atoms with Crippen LogP contribution in [0.25, 0.3) is 0 Å². The van der Waals surface area contributed by atoms with Crippen molar-refractivity contribution in [2.75, 3.05) is 27.9 Å². The average Bonchev–Trinajstić information content (AvgIpc) is 2.71. The zero-order chi connectivity index (χ0) is 20.9. The Labute approximate surface area is 180 Å². The first-order chi connectivity index (χ1) is 14.0. The van der Waals surface area contributed by atoms with Gasteiger partial charge in [0.1, 0.15) is 5.75 Å². The summed E-state index contributed by atoms with van der Waals surface area (Å²) in [7, 11) is 4.75. The second-order valence-corrected chi connectivity index (χ2v) is 8.01. The fraction of sp³-hybridized carbons (Fsp3) is 0.409. The van der Waals surface area contributed by atoms with Crippen LogP contribution in [-0.4, -0.2) is 33.8 Å². The van der Waals surface area contributed by atoms with E-state index in [1.165, 1.54) is 5.56 Å². The molecule has 6 nitrogen and oxygen atoms in total. The Hall–Kier alpha value is -2.25. The maximum Gasteiger partial charge on any atom is 0.234 e.